The van der Waals surface area contributed by atoms with Crippen molar-refractivity contribution in [1.82, 2.24) is 20.0 Å². The molecule has 3 N–H and O–H groups in total. The smallest absolute Gasteiger partial charge is 0.272 e. The summed E-state index contributed by atoms with van der Waals surface area (Å²) in [5.41, 5.74) is 7.06. The van der Waals surface area contributed by atoms with Gasteiger partial charge in [-0.1, -0.05) is 43.5 Å². The number of halogens is 1. The van der Waals surface area contributed by atoms with Crippen LogP contribution in [0, 0.1) is 0 Å². The van der Waals surface area contributed by atoms with Crippen molar-refractivity contribution in [2.45, 2.75) is 32.2 Å². The number of fused-ring (bicyclic) bond motifs is 1. The second-order valence-corrected chi connectivity index (χ2v) is 7.53. The van der Waals surface area contributed by atoms with Crippen molar-refractivity contribution in [3.63, 3.8) is 0 Å². The number of aromatic nitrogens is 2. The molecule has 0 saturated carbocycles. The fraction of sp³-hybridized carbons (Fsp3) is 0.400. The number of rotatable bonds is 8. The Morgan fingerprint density at radius 1 is 1.31 bits per heavy atom. The molecule has 0 aliphatic carbocycles. The van der Waals surface area contributed by atoms with Gasteiger partial charge in [0.05, 0.1) is 24.8 Å². The van der Waals surface area contributed by atoms with E-state index in [-0.39, 0.29) is 25.0 Å². The van der Waals surface area contributed by atoms with E-state index >= 15 is 0 Å². The molecule has 0 bridgehead atoms. The van der Waals surface area contributed by atoms with Gasteiger partial charge in [-0.25, -0.2) is 0 Å². The van der Waals surface area contributed by atoms with Crippen LogP contribution < -0.4 is 11.1 Å². The second-order valence-electron chi connectivity index (χ2n) is 7.09. The summed E-state index contributed by atoms with van der Waals surface area (Å²) in [6.45, 7) is 2.11. The Kier molecular flexibility index (Phi) is 6.53. The highest BCUT2D eigenvalue weighted by molar-refractivity contribution is 6.30. The van der Waals surface area contributed by atoms with Crippen LogP contribution in [0.5, 0.6) is 0 Å². The van der Waals surface area contributed by atoms with Gasteiger partial charge in [-0.3, -0.25) is 19.1 Å². The number of amides is 3. The molecule has 0 spiro atoms. The van der Waals surface area contributed by atoms with Gasteiger partial charge in [0.2, 0.25) is 11.8 Å². The number of primary amides is 1. The molecule has 8 nitrogen and oxygen atoms in total. The molecule has 0 radical (unpaired) electrons. The van der Waals surface area contributed by atoms with Crippen molar-refractivity contribution in [2.75, 3.05) is 19.6 Å². The summed E-state index contributed by atoms with van der Waals surface area (Å²) in [5.74, 6) is -1.31. The number of hydrogen-bond acceptors (Lipinski definition) is 4. The monoisotopic (exact) mass is 417 g/mol. The zero-order valence-electron chi connectivity index (χ0n) is 16.2. The molecule has 3 rings (SSSR count). The molecular weight excluding hydrogens is 394 g/mol. The molecule has 1 aliphatic rings. The average molecular weight is 418 g/mol. The molecule has 9 heteroatoms. The Morgan fingerprint density at radius 3 is 2.69 bits per heavy atom. The van der Waals surface area contributed by atoms with Crippen molar-refractivity contribution in [1.29, 1.82) is 0 Å². The van der Waals surface area contributed by atoms with Crippen LogP contribution >= 0.6 is 11.6 Å². The predicted molar refractivity (Wildman–Crippen MR) is 109 cm³/mol. The Balaban J connectivity index is 1.85. The quantitative estimate of drug-likeness (QED) is 0.684. The minimum absolute atomic E-state index is 0.0207. The lowest BCUT2D eigenvalue weighted by molar-refractivity contribution is -0.125. The van der Waals surface area contributed by atoms with Gasteiger partial charge in [-0.05, 0) is 24.6 Å². The Hall–Kier alpha value is -2.87. The maximum Gasteiger partial charge on any atom is 0.272 e. The lowest BCUT2D eigenvalue weighted by atomic mass is 10.1. The molecule has 2 aromatic rings. The zero-order valence-corrected chi connectivity index (χ0v) is 17.0. The minimum atomic E-state index is -0.630. The summed E-state index contributed by atoms with van der Waals surface area (Å²) in [6.07, 6.45) is 2.85. The van der Waals surface area contributed by atoms with E-state index in [0.717, 1.165) is 24.8 Å². The topological polar surface area (TPSA) is 110 Å². The summed E-state index contributed by atoms with van der Waals surface area (Å²) in [7, 11) is 0. The number of carbonyl (C=O) groups is 3. The van der Waals surface area contributed by atoms with E-state index < -0.39 is 11.8 Å². The van der Waals surface area contributed by atoms with Crippen LogP contribution in [0.3, 0.4) is 0 Å². The van der Waals surface area contributed by atoms with Gasteiger partial charge in [0.1, 0.15) is 5.69 Å². The van der Waals surface area contributed by atoms with Gasteiger partial charge in [0, 0.05) is 17.1 Å². The van der Waals surface area contributed by atoms with Gasteiger partial charge >= 0.3 is 0 Å². The summed E-state index contributed by atoms with van der Waals surface area (Å²) in [6, 6.07) is 9.00. The molecule has 3 amide bonds. The third-order valence-electron chi connectivity index (χ3n) is 4.84. The Labute approximate surface area is 174 Å². The van der Waals surface area contributed by atoms with E-state index in [2.05, 4.69) is 17.3 Å². The van der Waals surface area contributed by atoms with Gasteiger partial charge in [-0.2, -0.15) is 5.10 Å². The summed E-state index contributed by atoms with van der Waals surface area (Å²) in [5, 5.41) is 7.73. The molecule has 29 heavy (non-hydrogen) atoms. The first-order valence-electron chi connectivity index (χ1n) is 9.58. The third kappa shape index (κ3) is 4.95. The molecule has 1 unspecified atom stereocenters. The van der Waals surface area contributed by atoms with Crippen LogP contribution in [0.15, 0.2) is 30.3 Å². The average Bonchev–Trinajstić information content (AvgIpc) is 3.14. The first kappa shape index (κ1) is 20.9. The number of unbranched alkanes of at least 4 members (excludes halogenated alkanes) is 1. The Morgan fingerprint density at radius 2 is 2.03 bits per heavy atom. The second kappa shape index (κ2) is 9.09. The molecule has 1 aromatic heterocycles. The van der Waals surface area contributed by atoms with Crippen LogP contribution in [-0.2, 0) is 9.59 Å². The van der Waals surface area contributed by atoms with E-state index in [9.17, 15) is 14.4 Å². The number of nitrogens with two attached hydrogens (primary N) is 1. The first-order valence-corrected chi connectivity index (χ1v) is 9.96. The van der Waals surface area contributed by atoms with Crippen molar-refractivity contribution in [2.24, 2.45) is 5.73 Å². The number of nitrogens with one attached hydrogen (secondary N) is 1. The first-order chi connectivity index (χ1) is 13.9. The molecule has 2 heterocycles. The van der Waals surface area contributed by atoms with Crippen molar-refractivity contribution in [3.8, 4) is 11.3 Å². The maximum absolute atomic E-state index is 13.0. The fourth-order valence-electron chi connectivity index (χ4n) is 3.38. The van der Waals surface area contributed by atoms with E-state index in [1.54, 1.807) is 22.9 Å². The lowest BCUT2D eigenvalue weighted by Gasteiger charge is -2.33. The largest absolute Gasteiger partial charge is 0.368 e. The zero-order chi connectivity index (χ0) is 21.0. The van der Waals surface area contributed by atoms with Gasteiger partial charge in [-0.15, -0.1) is 0 Å². The summed E-state index contributed by atoms with van der Waals surface area (Å²) >= 11 is 5.96. The van der Waals surface area contributed by atoms with Crippen molar-refractivity contribution >= 4 is 29.3 Å². The minimum Gasteiger partial charge on any atom is -0.368 e. The standard InChI is InChI=1S/C20H24ClN5O3/c1-2-3-4-15-11-25(12-19(28)23-10-18(22)27)20(29)17-9-16(24-26(15)17)13-5-7-14(21)8-6-13/h5-9,15H,2-4,10-12H2,1H3,(H2,22,27)(H,23,28). The maximum atomic E-state index is 13.0. The molecule has 1 aromatic carbocycles. The third-order valence-corrected chi connectivity index (χ3v) is 5.10. The van der Waals surface area contributed by atoms with Crippen LogP contribution in [-0.4, -0.2) is 52.0 Å². The molecular formula is C20H24ClN5O3. The van der Waals surface area contributed by atoms with Crippen molar-refractivity contribution in [3.05, 3.63) is 41.0 Å². The number of carbonyl (C=O) groups excluding carboxylic acids is 3. The normalized spacial score (nSPS) is 15.9. The predicted octanol–water partition coefficient (Wildman–Crippen LogP) is 1.99. The molecule has 0 fully saturated rings. The van der Waals surface area contributed by atoms with Gasteiger partial charge < -0.3 is 16.0 Å². The molecule has 154 valence electrons. The highest BCUT2D eigenvalue weighted by Gasteiger charge is 2.33. The van der Waals surface area contributed by atoms with Crippen LogP contribution in [0.4, 0.5) is 0 Å². The number of hydrogen-bond donors (Lipinski definition) is 2. The van der Waals surface area contributed by atoms with Crippen molar-refractivity contribution < 1.29 is 14.4 Å². The lowest BCUT2D eigenvalue weighted by Crippen LogP contribution is -2.48. The van der Waals surface area contributed by atoms with Gasteiger partial charge in [0.15, 0.2) is 0 Å². The molecule has 1 atom stereocenters. The highest BCUT2D eigenvalue weighted by Crippen LogP contribution is 2.29. The van der Waals surface area contributed by atoms with Crippen LogP contribution in [0.2, 0.25) is 5.02 Å². The SMILES string of the molecule is CCCCC1CN(CC(=O)NCC(N)=O)C(=O)c2cc(-c3ccc(Cl)cc3)nn21. The molecule has 0 saturated heterocycles. The van der Waals surface area contributed by atoms with E-state index in [1.807, 2.05) is 12.1 Å². The Bertz CT molecular complexity index is 909. The summed E-state index contributed by atoms with van der Waals surface area (Å²) < 4.78 is 1.78. The molecule has 1 aliphatic heterocycles. The van der Waals surface area contributed by atoms with Gasteiger partial charge in [0.25, 0.3) is 5.91 Å². The van der Waals surface area contributed by atoms with Crippen LogP contribution in [0.1, 0.15) is 42.7 Å². The fourth-order valence-corrected chi connectivity index (χ4v) is 3.50. The number of nitrogens with zero attached hydrogens (tertiary/aromatic N) is 3. The van der Waals surface area contributed by atoms with Crippen LogP contribution in [0.25, 0.3) is 11.3 Å². The highest BCUT2D eigenvalue weighted by atomic mass is 35.5. The van der Waals surface area contributed by atoms with E-state index in [4.69, 9.17) is 17.3 Å². The number of benzene rings is 1. The van der Waals surface area contributed by atoms with E-state index in [0.29, 0.717) is 23.0 Å². The summed E-state index contributed by atoms with van der Waals surface area (Å²) in [4.78, 5) is 37.4. The van der Waals surface area contributed by atoms with E-state index in [1.165, 1.54) is 4.90 Å².